The highest BCUT2D eigenvalue weighted by Gasteiger charge is 2.30. The normalized spacial score (nSPS) is 15.2. The molecule has 122 valence electrons. The fraction of sp³-hybridized carbons (Fsp3) is 0.571. The molecule has 8 heteroatoms. The van der Waals surface area contributed by atoms with E-state index < -0.39 is 18.3 Å². The van der Waals surface area contributed by atoms with E-state index in [1.54, 1.807) is 11.5 Å². The molecule has 1 aromatic rings. The van der Waals surface area contributed by atoms with Crippen molar-refractivity contribution in [1.82, 2.24) is 14.5 Å². The summed E-state index contributed by atoms with van der Waals surface area (Å²) in [5.41, 5.74) is 1.04. The number of aromatic nitrogens is 2. The SMILES string of the molecule is C=C1c2c(C)c(=O)nc(NCC(F)(F)F)n2CCN1C(C)C. The van der Waals surface area contributed by atoms with Gasteiger partial charge in [0, 0.05) is 24.7 Å². The molecule has 22 heavy (non-hydrogen) atoms. The highest BCUT2D eigenvalue weighted by Crippen LogP contribution is 2.28. The maximum atomic E-state index is 12.4. The summed E-state index contributed by atoms with van der Waals surface area (Å²) in [4.78, 5) is 17.7. The van der Waals surface area contributed by atoms with Crippen LogP contribution in [0.1, 0.15) is 25.1 Å². The summed E-state index contributed by atoms with van der Waals surface area (Å²) in [5.74, 6) is -0.0625. The van der Waals surface area contributed by atoms with Gasteiger partial charge in [-0.25, -0.2) is 0 Å². The molecule has 1 aliphatic heterocycles. The van der Waals surface area contributed by atoms with E-state index in [0.717, 1.165) is 0 Å². The van der Waals surface area contributed by atoms with E-state index in [2.05, 4.69) is 16.9 Å². The molecule has 0 unspecified atom stereocenters. The molecule has 0 saturated heterocycles. The molecule has 2 rings (SSSR count). The summed E-state index contributed by atoms with van der Waals surface area (Å²) in [6.07, 6.45) is -4.38. The number of anilines is 1. The van der Waals surface area contributed by atoms with Crippen molar-refractivity contribution in [3.05, 3.63) is 28.2 Å². The fourth-order valence-corrected chi connectivity index (χ4v) is 2.60. The second-order valence-electron chi connectivity index (χ2n) is 5.57. The lowest BCUT2D eigenvalue weighted by Gasteiger charge is -2.38. The molecule has 1 N–H and O–H groups in total. The Labute approximate surface area is 126 Å². The Bertz CT molecular complexity index is 649. The monoisotopic (exact) mass is 316 g/mol. The lowest BCUT2D eigenvalue weighted by Crippen LogP contribution is -2.40. The van der Waals surface area contributed by atoms with Crippen LogP contribution in [0.4, 0.5) is 19.1 Å². The van der Waals surface area contributed by atoms with Crippen molar-refractivity contribution in [2.24, 2.45) is 0 Å². The summed E-state index contributed by atoms with van der Waals surface area (Å²) < 4.78 is 38.8. The zero-order chi connectivity index (χ0) is 16.7. The molecule has 0 atom stereocenters. The minimum atomic E-state index is -4.38. The summed E-state index contributed by atoms with van der Waals surface area (Å²) in [6, 6.07) is 0.190. The van der Waals surface area contributed by atoms with Crippen molar-refractivity contribution in [1.29, 1.82) is 0 Å². The molecule has 2 heterocycles. The van der Waals surface area contributed by atoms with Crippen LogP contribution in [0.5, 0.6) is 0 Å². The van der Waals surface area contributed by atoms with Gasteiger partial charge < -0.3 is 14.8 Å². The third kappa shape index (κ3) is 3.10. The molecule has 0 aromatic carbocycles. The predicted octanol–water partition coefficient (Wildman–Crippen LogP) is 2.22. The van der Waals surface area contributed by atoms with Crippen molar-refractivity contribution in [2.75, 3.05) is 18.4 Å². The third-order valence-corrected chi connectivity index (χ3v) is 3.66. The molecule has 0 aliphatic carbocycles. The number of rotatable bonds is 3. The zero-order valence-corrected chi connectivity index (χ0v) is 12.8. The lowest BCUT2D eigenvalue weighted by atomic mass is 10.1. The first-order chi connectivity index (χ1) is 10.1. The van der Waals surface area contributed by atoms with Crippen LogP contribution in [0.15, 0.2) is 11.4 Å². The Balaban J connectivity index is 2.47. The second kappa shape index (κ2) is 5.66. The van der Waals surface area contributed by atoms with Crippen molar-refractivity contribution < 1.29 is 13.2 Å². The first-order valence-corrected chi connectivity index (χ1v) is 7.00. The van der Waals surface area contributed by atoms with Gasteiger partial charge in [0.1, 0.15) is 6.54 Å². The minimum absolute atomic E-state index is 0.0625. The molecule has 0 spiro atoms. The van der Waals surface area contributed by atoms with Crippen molar-refractivity contribution in [2.45, 2.75) is 39.5 Å². The molecule has 0 radical (unpaired) electrons. The van der Waals surface area contributed by atoms with Gasteiger partial charge in [-0.1, -0.05) is 6.58 Å². The zero-order valence-electron chi connectivity index (χ0n) is 12.8. The van der Waals surface area contributed by atoms with E-state index in [4.69, 9.17) is 0 Å². The molecule has 1 aromatic heterocycles. The summed E-state index contributed by atoms with van der Waals surface area (Å²) >= 11 is 0. The smallest absolute Gasteiger partial charge is 0.366 e. The van der Waals surface area contributed by atoms with E-state index in [9.17, 15) is 18.0 Å². The number of hydrogen-bond acceptors (Lipinski definition) is 4. The van der Waals surface area contributed by atoms with E-state index in [-0.39, 0.29) is 12.0 Å². The number of nitrogens with zero attached hydrogens (tertiary/aromatic N) is 3. The number of alkyl halides is 3. The van der Waals surface area contributed by atoms with Crippen LogP contribution < -0.4 is 10.9 Å². The average molecular weight is 316 g/mol. The molecule has 0 saturated carbocycles. The van der Waals surface area contributed by atoms with Gasteiger partial charge in [-0.15, -0.1) is 0 Å². The van der Waals surface area contributed by atoms with E-state index in [1.807, 2.05) is 18.7 Å². The summed E-state index contributed by atoms with van der Waals surface area (Å²) in [5, 5.41) is 2.21. The van der Waals surface area contributed by atoms with Crippen LogP contribution in [-0.2, 0) is 6.54 Å². The Morgan fingerprint density at radius 3 is 2.55 bits per heavy atom. The Kier molecular flexibility index (Phi) is 4.21. The standard InChI is InChI=1S/C14H19F3N4O/c1-8(2)20-5-6-21-11(10(20)4)9(3)12(22)19-13(21)18-7-14(15,16)17/h8H,4-7H2,1-3H3,(H,18,19,22). The highest BCUT2D eigenvalue weighted by atomic mass is 19.4. The number of nitrogens with one attached hydrogen (secondary N) is 1. The Hall–Kier alpha value is -1.99. The summed E-state index contributed by atoms with van der Waals surface area (Å²) in [7, 11) is 0. The maximum Gasteiger partial charge on any atom is 0.405 e. The van der Waals surface area contributed by atoms with Gasteiger partial charge in [0.2, 0.25) is 5.95 Å². The first kappa shape index (κ1) is 16.4. The molecule has 0 amide bonds. The van der Waals surface area contributed by atoms with Gasteiger partial charge in [-0.05, 0) is 20.8 Å². The quantitative estimate of drug-likeness (QED) is 0.929. The number of fused-ring (bicyclic) bond motifs is 1. The maximum absolute atomic E-state index is 12.4. The van der Waals surface area contributed by atoms with Crippen LogP contribution in [-0.4, -0.2) is 39.8 Å². The lowest BCUT2D eigenvalue weighted by molar-refractivity contribution is -0.115. The van der Waals surface area contributed by atoms with E-state index in [0.29, 0.717) is 30.0 Å². The average Bonchev–Trinajstić information content (AvgIpc) is 2.39. The van der Waals surface area contributed by atoms with Crippen LogP contribution in [0.2, 0.25) is 0 Å². The van der Waals surface area contributed by atoms with Crippen LogP contribution in [0.3, 0.4) is 0 Å². The van der Waals surface area contributed by atoms with Gasteiger partial charge in [0.25, 0.3) is 5.56 Å². The third-order valence-electron chi connectivity index (χ3n) is 3.66. The van der Waals surface area contributed by atoms with Crippen molar-refractivity contribution in [3.8, 4) is 0 Å². The van der Waals surface area contributed by atoms with Crippen LogP contribution >= 0.6 is 0 Å². The molecule has 1 aliphatic rings. The van der Waals surface area contributed by atoms with Crippen molar-refractivity contribution >= 4 is 11.6 Å². The number of halogens is 3. The molecule has 0 bridgehead atoms. The van der Waals surface area contributed by atoms with Gasteiger partial charge in [0.05, 0.1) is 11.4 Å². The van der Waals surface area contributed by atoms with Gasteiger partial charge in [0.15, 0.2) is 0 Å². The minimum Gasteiger partial charge on any atom is -0.366 e. The Morgan fingerprint density at radius 2 is 2.00 bits per heavy atom. The fourth-order valence-electron chi connectivity index (χ4n) is 2.60. The van der Waals surface area contributed by atoms with Gasteiger partial charge in [-0.3, -0.25) is 4.79 Å². The van der Waals surface area contributed by atoms with Gasteiger partial charge in [-0.2, -0.15) is 18.2 Å². The Morgan fingerprint density at radius 1 is 1.36 bits per heavy atom. The largest absolute Gasteiger partial charge is 0.405 e. The molecule has 0 fully saturated rings. The molecular weight excluding hydrogens is 297 g/mol. The van der Waals surface area contributed by atoms with E-state index >= 15 is 0 Å². The first-order valence-electron chi connectivity index (χ1n) is 7.00. The van der Waals surface area contributed by atoms with Crippen LogP contribution in [0.25, 0.3) is 5.70 Å². The van der Waals surface area contributed by atoms with Crippen LogP contribution in [0, 0.1) is 6.92 Å². The highest BCUT2D eigenvalue weighted by molar-refractivity contribution is 5.64. The molecule has 5 nitrogen and oxygen atoms in total. The predicted molar refractivity (Wildman–Crippen MR) is 78.7 cm³/mol. The summed E-state index contributed by atoms with van der Waals surface area (Å²) in [6.45, 7) is 9.43. The van der Waals surface area contributed by atoms with Crippen molar-refractivity contribution in [3.63, 3.8) is 0 Å². The number of hydrogen-bond donors (Lipinski definition) is 1. The second-order valence-corrected chi connectivity index (χ2v) is 5.57. The van der Waals surface area contributed by atoms with E-state index in [1.165, 1.54) is 0 Å². The topological polar surface area (TPSA) is 50.2 Å². The molecular formula is C14H19F3N4O. The van der Waals surface area contributed by atoms with Gasteiger partial charge >= 0.3 is 6.18 Å².